The first-order chi connectivity index (χ1) is 17.2. The first-order valence-corrected chi connectivity index (χ1v) is 13.9. The highest BCUT2D eigenvalue weighted by Crippen LogP contribution is 2.66. The molecule has 1 N–H and O–H groups in total. The second-order valence-corrected chi connectivity index (χ2v) is 13.1. The molecule has 2 fully saturated rings. The first kappa shape index (κ1) is 27.5. The van der Waals surface area contributed by atoms with Crippen LogP contribution in [0.15, 0.2) is 35.5 Å². The second kappa shape index (κ2) is 9.67. The molecule has 4 rings (SSSR count). The molecule has 3 aliphatic rings. The molecule has 4 atom stereocenters. The van der Waals surface area contributed by atoms with Gasteiger partial charge in [0.25, 0.3) is 0 Å². The predicted octanol–water partition coefficient (Wildman–Crippen LogP) is 8.19. The maximum Gasteiger partial charge on any atom is 0.342 e. The van der Waals surface area contributed by atoms with Crippen LogP contribution in [-0.4, -0.2) is 22.8 Å². The number of hydrogen-bond donors (Lipinski definition) is 1. The fourth-order valence-electron chi connectivity index (χ4n) is 6.81. The van der Waals surface area contributed by atoms with E-state index in [1.807, 2.05) is 13.0 Å². The minimum Gasteiger partial charge on any atom is -0.507 e. The molecule has 37 heavy (non-hydrogen) atoms. The number of phenolic OH excluding ortho intramolecular Hbond substituents is 1. The Morgan fingerprint density at radius 2 is 1.81 bits per heavy atom. The summed E-state index contributed by atoms with van der Waals surface area (Å²) in [5.74, 6) is 0.920. The van der Waals surface area contributed by atoms with E-state index < -0.39 is 11.6 Å². The summed E-state index contributed by atoms with van der Waals surface area (Å²) in [5, 5.41) is 11.5. The zero-order valence-electron chi connectivity index (χ0n) is 24.4. The molecule has 4 nitrogen and oxygen atoms in total. The van der Waals surface area contributed by atoms with Gasteiger partial charge in [0.05, 0.1) is 0 Å². The van der Waals surface area contributed by atoms with E-state index in [2.05, 4.69) is 73.6 Å². The van der Waals surface area contributed by atoms with Gasteiger partial charge in [-0.3, -0.25) is 0 Å². The lowest BCUT2D eigenvalue weighted by Gasteiger charge is -2.39. The van der Waals surface area contributed by atoms with E-state index in [1.165, 1.54) is 17.6 Å². The van der Waals surface area contributed by atoms with Crippen LogP contribution in [0.5, 0.6) is 11.5 Å². The van der Waals surface area contributed by atoms with Crippen LogP contribution in [0.25, 0.3) is 0 Å². The van der Waals surface area contributed by atoms with Crippen LogP contribution in [0.1, 0.15) is 108 Å². The number of phenols is 1. The molecule has 0 radical (unpaired) electrons. The maximum atomic E-state index is 13.7. The molecular weight excluding hydrogens is 460 g/mol. The molecule has 4 heteroatoms. The highest BCUT2D eigenvalue weighted by atomic mass is 16.5. The number of esters is 1. The van der Waals surface area contributed by atoms with Gasteiger partial charge in [-0.05, 0) is 103 Å². The lowest BCUT2D eigenvalue weighted by molar-refractivity contribution is -0.0245. The summed E-state index contributed by atoms with van der Waals surface area (Å²) >= 11 is 0. The third-order valence-electron chi connectivity index (χ3n) is 9.87. The van der Waals surface area contributed by atoms with Crippen molar-refractivity contribution in [3.05, 3.63) is 57.7 Å². The summed E-state index contributed by atoms with van der Waals surface area (Å²) in [6.07, 6.45) is 13.4. The van der Waals surface area contributed by atoms with Gasteiger partial charge in [-0.15, -0.1) is 0 Å². The molecule has 2 bridgehead atoms. The van der Waals surface area contributed by atoms with E-state index in [-0.39, 0.29) is 22.7 Å². The standard InChI is InChI=1S/C33H46O4/c1-20(2)11-10-16-32(8)17-15-25-28(34)27(22(5)24(29(25)37-32)13-12-21(3)4)30(35)36-26-19-23-14-18-33(26,9)31(23,6)7/h10-12,16,23,26,34H,13-15,17-19H2,1-9H3/b16-10+/t23-,26+,32-,33+/m0/s1. The summed E-state index contributed by atoms with van der Waals surface area (Å²) in [6.45, 7) is 19.2. The van der Waals surface area contributed by atoms with E-state index in [4.69, 9.17) is 9.47 Å². The first-order valence-electron chi connectivity index (χ1n) is 13.9. The van der Waals surface area contributed by atoms with Crippen molar-refractivity contribution in [1.29, 1.82) is 0 Å². The SMILES string of the molecule is CC(C)=C/C=C/[C@@]1(C)CCc2c(O)c(C(=O)O[C@@H]3C[C@@H]4CC[C@@]3(C)C4(C)C)c(C)c(CC=C(C)C)c2O1. The van der Waals surface area contributed by atoms with Crippen LogP contribution in [0.3, 0.4) is 0 Å². The number of hydrogen-bond acceptors (Lipinski definition) is 4. The van der Waals surface area contributed by atoms with Gasteiger partial charge in [-0.25, -0.2) is 4.79 Å². The second-order valence-electron chi connectivity index (χ2n) is 13.1. The summed E-state index contributed by atoms with van der Waals surface area (Å²) in [7, 11) is 0. The van der Waals surface area contributed by atoms with Crippen LogP contribution in [-0.2, 0) is 17.6 Å². The van der Waals surface area contributed by atoms with Crippen LogP contribution in [0.4, 0.5) is 0 Å². The summed E-state index contributed by atoms with van der Waals surface area (Å²) < 4.78 is 12.9. The average Bonchev–Trinajstić information content (AvgIpc) is 3.12. The van der Waals surface area contributed by atoms with Crippen LogP contribution >= 0.6 is 0 Å². The Hall–Kier alpha value is -2.49. The van der Waals surface area contributed by atoms with Gasteiger partial charge in [0.1, 0.15) is 28.8 Å². The number of carbonyl (C=O) groups excluding carboxylic acids is 1. The van der Waals surface area contributed by atoms with Gasteiger partial charge >= 0.3 is 5.97 Å². The van der Waals surface area contributed by atoms with Gasteiger partial charge in [-0.1, -0.05) is 50.1 Å². The van der Waals surface area contributed by atoms with Crippen LogP contribution in [0, 0.1) is 23.7 Å². The number of carbonyl (C=O) groups is 1. The Labute approximate surface area is 223 Å². The molecule has 2 aliphatic carbocycles. The molecule has 202 valence electrons. The molecule has 1 aromatic carbocycles. The number of aromatic hydroxyl groups is 1. The molecular formula is C33H46O4. The normalized spacial score (nSPS) is 29.5. The van der Waals surface area contributed by atoms with Crippen molar-refractivity contribution in [2.75, 3.05) is 0 Å². The summed E-state index contributed by atoms with van der Waals surface area (Å²) in [5.41, 5.74) is 4.81. The maximum absolute atomic E-state index is 13.7. The molecule has 1 aliphatic heterocycles. The average molecular weight is 507 g/mol. The van der Waals surface area contributed by atoms with Crippen molar-refractivity contribution in [2.24, 2.45) is 16.7 Å². The lowest BCUT2D eigenvalue weighted by atomic mass is 9.70. The van der Waals surface area contributed by atoms with Crippen molar-refractivity contribution in [3.8, 4) is 11.5 Å². The summed E-state index contributed by atoms with van der Waals surface area (Å²) in [6, 6.07) is 0. The monoisotopic (exact) mass is 506 g/mol. The predicted molar refractivity (Wildman–Crippen MR) is 150 cm³/mol. The summed E-state index contributed by atoms with van der Waals surface area (Å²) in [4.78, 5) is 13.7. The van der Waals surface area contributed by atoms with Crippen molar-refractivity contribution in [3.63, 3.8) is 0 Å². The number of ether oxygens (including phenoxy) is 2. The topological polar surface area (TPSA) is 55.8 Å². The number of rotatable bonds is 6. The highest BCUT2D eigenvalue weighted by molar-refractivity contribution is 5.96. The molecule has 1 aromatic rings. The molecule has 1 heterocycles. The van der Waals surface area contributed by atoms with Crippen LogP contribution in [0.2, 0.25) is 0 Å². The molecule has 0 saturated heterocycles. The Kier molecular flexibility index (Phi) is 7.20. The largest absolute Gasteiger partial charge is 0.507 e. The van der Waals surface area contributed by atoms with Crippen LogP contribution < -0.4 is 4.74 Å². The third-order valence-corrected chi connectivity index (χ3v) is 9.87. The lowest BCUT2D eigenvalue weighted by Crippen LogP contribution is -2.38. The van der Waals surface area contributed by atoms with Gasteiger partial charge in [0, 0.05) is 16.5 Å². The van der Waals surface area contributed by atoms with Crippen molar-refractivity contribution in [1.82, 2.24) is 0 Å². The third kappa shape index (κ3) is 4.77. The van der Waals surface area contributed by atoms with E-state index in [9.17, 15) is 9.90 Å². The van der Waals surface area contributed by atoms with E-state index in [0.29, 0.717) is 30.1 Å². The van der Waals surface area contributed by atoms with Gasteiger partial charge < -0.3 is 14.6 Å². The molecule has 0 aromatic heterocycles. The van der Waals surface area contributed by atoms with Crippen molar-refractivity contribution < 1.29 is 19.4 Å². The number of allylic oxidation sites excluding steroid dienone is 5. The Bertz CT molecular complexity index is 1180. The van der Waals surface area contributed by atoms with E-state index in [1.54, 1.807) is 0 Å². The van der Waals surface area contributed by atoms with E-state index in [0.717, 1.165) is 36.0 Å². The van der Waals surface area contributed by atoms with Gasteiger partial charge in [-0.2, -0.15) is 0 Å². The Balaban J connectivity index is 1.72. The van der Waals surface area contributed by atoms with E-state index >= 15 is 0 Å². The smallest absolute Gasteiger partial charge is 0.342 e. The number of benzene rings is 1. The number of fused-ring (bicyclic) bond motifs is 3. The molecule has 0 amide bonds. The zero-order valence-corrected chi connectivity index (χ0v) is 24.4. The fourth-order valence-corrected chi connectivity index (χ4v) is 6.81. The Morgan fingerprint density at radius 3 is 2.38 bits per heavy atom. The van der Waals surface area contributed by atoms with Gasteiger partial charge in [0.15, 0.2) is 0 Å². The highest BCUT2D eigenvalue weighted by Gasteiger charge is 2.63. The Morgan fingerprint density at radius 1 is 1.11 bits per heavy atom. The van der Waals surface area contributed by atoms with Gasteiger partial charge in [0.2, 0.25) is 0 Å². The quantitative estimate of drug-likeness (QED) is 0.240. The molecule has 2 saturated carbocycles. The minimum atomic E-state index is -0.483. The molecule has 0 unspecified atom stereocenters. The van der Waals surface area contributed by atoms with Crippen molar-refractivity contribution >= 4 is 5.97 Å². The fraction of sp³-hybridized carbons (Fsp3) is 0.606. The molecule has 0 spiro atoms. The minimum absolute atomic E-state index is 0.0290. The zero-order chi connectivity index (χ0) is 27.3. The van der Waals surface area contributed by atoms with Crippen molar-refractivity contribution in [2.45, 2.75) is 113 Å².